The molecule has 0 amide bonds. The molecule has 1 aliphatic heterocycles. The van der Waals surface area contributed by atoms with Gasteiger partial charge in [-0.1, -0.05) is 0 Å². The molecular formula is C16H14N4O3S. The van der Waals surface area contributed by atoms with Crippen LogP contribution < -0.4 is 4.90 Å². The van der Waals surface area contributed by atoms with Gasteiger partial charge >= 0.3 is 0 Å². The standard InChI is InChI=1S/C16H14N4O3S/c21-20(22)14-2-1-13(11-3-4-17-9-12(11)14)19-6-7-23-15(10-19)16-18-5-8-24-16/h1-5,8-9,15H,6-7,10H2/t15-/m1/s1. The zero-order valence-corrected chi connectivity index (χ0v) is 13.5. The van der Waals surface area contributed by atoms with Crippen molar-refractivity contribution < 1.29 is 9.66 Å². The lowest BCUT2D eigenvalue weighted by molar-refractivity contribution is -0.383. The lowest BCUT2D eigenvalue weighted by Crippen LogP contribution is -2.38. The van der Waals surface area contributed by atoms with Crippen molar-refractivity contribution in [2.45, 2.75) is 6.10 Å². The van der Waals surface area contributed by atoms with Crippen molar-refractivity contribution in [2.24, 2.45) is 0 Å². The molecule has 1 aromatic carbocycles. The van der Waals surface area contributed by atoms with Crippen molar-refractivity contribution in [1.29, 1.82) is 0 Å². The number of benzene rings is 1. The van der Waals surface area contributed by atoms with E-state index in [9.17, 15) is 10.1 Å². The van der Waals surface area contributed by atoms with E-state index in [2.05, 4.69) is 14.9 Å². The molecule has 0 radical (unpaired) electrons. The normalized spacial score (nSPS) is 18.0. The minimum atomic E-state index is -0.370. The second-order valence-electron chi connectivity index (χ2n) is 5.46. The van der Waals surface area contributed by atoms with E-state index in [1.807, 2.05) is 17.5 Å². The first-order valence-corrected chi connectivity index (χ1v) is 8.39. The number of nitro benzene ring substituents is 1. The summed E-state index contributed by atoms with van der Waals surface area (Å²) >= 11 is 1.57. The molecule has 0 spiro atoms. The topological polar surface area (TPSA) is 81.4 Å². The number of hydrogen-bond donors (Lipinski definition) is 0. The number of non-ortho nitro benzene ring substituents is 1. The van der Waals surface area contributed by atoms with Crippen LogP contribution >= 0.6 is 11.3 Å². The number of nitrogens with zero attached hydrogens (tertiary/aromatic N) is 4. The first kappa shape index (κ1) is 15.0. The van der Waals surface area contributed by atoms with Crippen LogP contribution in [0.5, 0.6) is 0 Å². The van der Waals surface area contributed by atoms with Gasteiger partial charge < -0.3 is 9.64 Å². The van der Waals surface area contributed by atoms with Crippen LogP contribution in [-0.4, -0.2) is 34.6 Å². The average molecular weight is 342 g/mol. The maximum Gasteiger partial charge on any atom is 0.278 e. The molecule has 3 heterocycles. The molecule has 122 valence electrons. The van der Waals surface area contributed by atoms with E-state index in [1.54, 1.807) is 36.0 Å². The van der Waals surface area contributed by atoms with Gasteiger partial charge in [0.2, 0.25) is 0 Å². The molecule has 1 atom stereocenters. The molecule has 1 fully saturated rings. The predicted octanol–water partition coefficient (Wildman–Crippen LogP) is 3.18. The van der Waals surface area contributed by atoms with E-state index in [4.69, 9.17) is 4.74 Å². The maximum atomic E-state index is 11.2. The number of hydrogen-bond acceptors (Lipinski definition) is 7. The Morgan fingerprint density at radius 3 is 3.00 bits per heavy atom. The zero-order valence-electron chi connectivity index (χ0n) is 12.7. The van der Waals surface area contributed by atoms with Crippen molar-refractivity contribution in [3.05, 3.63) is 57.3 Å². The van der Waals surface area contributed by atoms with Crippen LogP contribution in [0.25, 0.3) is 10.8 Å². The Labute approximate surface area is 141 Å². The van der Waals surface area contributed by atoms with Crippen LogP contribution in [0.3, 0.4) is 0 Å². The molecule has 0 bridgehead atoms. The molecular weight excluding hydrogens is 328 g/mol. The lowest BCUT2D eigenvalue weighted by Gasteiger charge is -2.34. The SMILES string of the molecule is O=[N+]([O-])c1ccc(N2CCO[C@@H](c3nccs3)C2)c2ccncc12. The van der Waals surface area contributed by atoms with Crippen LogP contribution in [0.2, 0.25) is 0 Å². The Hall–Kier alpha value is -2.58. The van der Waals surface area contributed by atoms with E-state index in [-0.39, 0.29) is 16.7 Å². The van der Waals surface area contributed by atoms with E-state index in [0.29, 0.717) is 18.5 Å². The quantitative estimate of drug-likeness (QED) is 0.537. The summed E-state index contributed by atoms with van der Waals surface area (Å²) < 4.78 is 5.83. The average Bonchev–Trinajstić information content (AvgIpc) is 3.15. The number of ether oxygens (including phenoxy) is 1. The highest BCUT2D eigenvalue weighted by molar-refractivity contribution is 7.09. The molecule has 4 rings (SSSR count). The summed E-state index contributed by atoms with van der Waals surface area (Å²) in [5, 5.41) is 15.5. The molecule has 0 N–H and O–H groups in total. The van der Waals surface area contributed by atoms with Crippen LogP contribution in [0, 0.1) is 10.1 Å². The molecule has 1 aliphatic rings. The Balaban J connectivity index is 1.74. The Morgan fingerprint density at radius 1 is 1.29 bits per heavy atom. The second kappa shape index (κ2) is 6.14. The molecule has 7 nitrogen and oxygen atoms in total. The van der Waals surface area contributed by atoms with Crippen molar-refractivity contribution in [3.8, 4) is 0 Å². The number of rotatable bonds is 3. The monoisotopic (exact) mass is 342 g/mol. The van der Waals surface area contributed by atoms with Crippen LogP contribution in [-0.2, 0) is 4.74 Å². The summed E-state index contributed by atoms with van der Waals surface area (Å²) in [5.41, 5.74) is 1.04. The van der Waals surface area contributed by atoms with E-state index < -0.39 is 0 Å². The first-order chi connectivity index (χ1) is 11.7. The van der Waals surface area contributed by atoms with Gasteiger partial charge in [0.15, 0.2) is 0 Å². The fourth-order valence-electron chi connectivity index (χ4n) is 3.01. The molecule has 0 saturated carbocycles. The fraction of sp³-hybridized carbons (Fsp3) is 0.250. The highest BCUT2D eigenvalue weighted by Crippen LogP contribution is 2.35. The Morgan fingerprint density at radius 2 is 2.21 bits per heavy atom. The van der Waals surface area contributed by atoms with E-state index in [0.717, 1.165) is 22.6 Å². The van der Waals surface area contributed by atoms with Crippen molar-refractivity contribution in [3.63, 3.8) is 0 Å². The number of anilines is 1. The lowest BCUT2D eigenvalue weighted by atomic mass is 10.1. The highest BCUT2D eigenvalue weighted by atomic mass is 32.1. The minimum absolute atomic E-state index is 0.0755. The van der Waals surface area contributed by atoms with Gasteiger partial charge in [-0.2, -0.15) is 0 Å². The van der Waals surface area contributed by atoms with Crippen molar-refractivity contribution in [2.75, 3.05) is 24.6 Å². The molecule has 2 aromatic heterocycles. The summed E-state index contributed by atoms with van der Waals surface area (Å²) in [6.45, 7) is 1.99. The number of thiazole rings is 1. The third-order valence-electron chi connectivity index (χ3n) is 4.10. The second-order valence-corrected chi connectivity index (χ2v) is 6.38. The highest BCUT2D eigenvalue weighted by Gasteiger charge is 2.26. The summed E-state index contributed by atoms with van der Waals surface area (Å²) in [5.74, 6) is 0. The van der Waals surface area contributed by atoms with Gasteiger partial charge in [-0.05, 0) is 12.1 Å². The third kappa shape index (κ3) is 2.59. The van der Waals surface area contributed by atoms with Gasteiger partial charge in [0.25, 0.3) is 5.69 Å². The summed E-state index contributed by atoms with van der Waals surface area (Å²) in [6, 6.07) is 5.18. The van der Waals surface area contributed by atoms with Gasteiger partial charge in [0.1, 0.15) is 11.1 Å². The Kier molecular flexibility index (Phi) is 3.83. The summed E-state index contributed by atoms with van der Waals surface area (Å²) in [7, 11) is 0. The maximum absolute atomic E-state index is 11.2. The summed E-state index contributed by atoms with van der Waals surface area (Å²) in [4.78, 5) is 21.5. The van der Waals surface area contributed by atoms with E-state index in [1.165, 1.54) is 0 Å². The van der Waals surface area contributed by atoms with Crippen LogP contribution in [0.4, 0.5) is 11.4 Å². The van der Waals surface area contributed by atoms with Gasteiger partial charge in [0.05, 0.1) is 23.5 Å². The largest absolute Gasteiger partial charge is 0.367 e. The molecule has 8 heteroatoms. The van der Waals surface area contributed by atoms with Gasteiger partial charge in [-0.3, -0.25) is 15.1 Å². The Bertz CT molecular complexity index is 884. The van der Waals surface area contributed by atoms with Gasteiger partial charge in [-0.15, -0.1) is 11.3 Å². The first-order valence-electron chi connectivity index (χ1n) is 7.51. The number of nitro groups is 1. The van der Waals surface area contributed by atoms with E-state index >= 15 is 0 Å². The predicted molar refractivity (Wildman–Crippen MR) is 91.4 cm³/mol. The molecule has 0 aliphatic carbocycles. The number of pyridine rings is 1. The third-order valence-corrected chi connectivity index (χ3v) is 4.97. The van der Waals surface area contributed by atoms with Crippen molar-refractivity contribution in [1.82, 2.24) is 9.97 Å². The van der Waals surface area contributed by atoms with Gasteiger partial charge in [-0.25, -0.2) is 4.98 Å². The van der Waals surface area contributed by atoms with Crippen LogP contribution in [0.15, 0.2) is 42.2 Å². The molecule has 3 aromatic rings. The van der Waals surface area contributed by atoms with Gasteiger partial charge in [0, 0.05) is 47.7 Å². The zero-order chi connectivity index (χ0) is 16.5. The molecule has 0 unspecified atom stereocenters. The molecule has 1 saturated heterocycles. The van der Waals surface area contributed by atoms with Crippen LogP contribution in [0.1, 0.15) is 11.1 Å². The number of fused-ring (bicyclic) bond motifs is 1. The minimum Gasteiger partial charge on any atom is -0.367 e. The van der Waals surface area contributed by atoms with Crippen molar-refractivity contribution >= 4 is 33.5 Å². The number of aromatic nitrogens is 2. The number of morpholine rings is 1. The summed E-state index contributed by atoms with van der Waals surface area (Å²) in [6.07, 6.45) is 4.91. The molecule has 24 heavy (non-hydrogen) atoms. The fourth-order valence-corrected chi connectivity index (χ4v) is 3.68. The smallest absolute Gasteiger partial charge is 0.278 e.